The van der Waals surface area contributed by atoms with Crippen LogP contribution in [0.5, 0.6) is 5.75 Å². The first-order chi connectivity index (χ1) is 9.22. The molecule has 0 amide bonds. The van der Waals surface area contributed by atoms with Gasteiger partial charge < -0.3 is 14.8 Å². The van der Waals surface area contributed by atoms with Crippen LogP contribution in [-0.4, -0.2) is 25.9 Å². The third-order valence-electron chi connectivity index (χ3n) is 4.22. The molecule has 2 aliphatic rings. The summed E-state index contributed by atoms with van der Waals surface area (Å²) in [7, 11) is 2.00. The van der Waals surface area contributed by atoms with Crippen LogP contribution in [0.3, 0.4) is 0 Å². The predicted molar refractivity (Wildman–Crippen MR) is 75.9 cm³/mol. The number of nitrogens with one attached hydrogen (secondary N) is 1. The maximum absolute atomic E-state index is 6.35. The summed E-state index contributed by atoms with van der Waals surface area (Å²) < 4.78 is 11.9. The van der Waals surface area contributed by atoms with Gasteiger partial charge in [0.05, 0.1) is 6.61 Å². The first kappa shape index (κ1) is 13.2. The lowest BCUT2D eigenvalue weighted by Gasteiger charge is -2.41. The molecule has 1 saturated heterocycles. The molecular formula is C15H20ClNO2. The highest BCUT2D eigenvalue weighted by molar-refractivity contribution is 6.30. The molecule has 0 saturated carbocycles. The molecule has 0 bridgehead atoms. The number of benzene rings is 1. The Kier molecular flexibility index (Phi) is 3.70. The van der Waals surface area contributed by atoms with Gasteiger partial charge in [0.2, 0.25) is 0 Å². The summed E-state index contributed by atoms with van der Waals surface area (Å²) in [6.45, 7) is 1.64. The summed E-state index contributed by atoms with van der Waals surface area (Å²) in [6, 6.07) is 6.21. The van der Waals surface area contributed by atoms with E-state index in [1.165, 1.54) is 5.56 Å². The lowest BCUT2D eigenvalue weighted by Crippen LogP contribution is -2.43. The Hall–Kier alpha value is -0.770. The van der Waals surface area contributed by atoms with Gasteiger partial charge in [-0.2, -0.15) is 0 Å². The Morgan fingerprint density at radius 1 is 1.32 bits per heavy atom. The van der Waals surface area contributed by atoms with E-state index >= 15 is 0 Å². The zero-order chi connectivity index (χ0) is 13.3. The molecule has 104 valence electrons. The van der Waals surface area contributed by atoms with Gasteiger partial charge in [-0.05, 0) is 38.1 Å². The fraction of sp³-hybridized carbons (Fsp3) is 0.600. The van der Waals surface area contributed by atoms with Gasteiger partial charge in [-0.1, -0.05) is 11.6 Å². The van der Waals surface area contributed by atoms with Crippen LogP contribution in [0.25, 0.3) is 0 Å². The highest BCUT2D eigenvalue weighted by atomic mass is 35.5. The van der Waals surface area contributed by atoms with E-state index in [0.717, 1.165) is 49.7 Å². The van der Waals surface area contributed by atoms with E-state index in [1.54, 1.807) is 0 Å². The van der Waals surface area contributed by atoms with Crippen LogP contribution in [-0.2, 0) is 4.74 Å². The van der Waals surface area contributed by atoms with Crippen molar-refractivity contribution in [1.29, 1.82) is 0 Å². The SMILES string of the molecule is CNC1CC2(CCCOCC2)Oc2ccc(Cl)cc21. The van der Waals surface area contributed by atoms with Crippen molar-refractivity contribution in [2.24, 2.45) is 0 Å². The van der Waals surface area contributed by atoms with E-state index in [1.807, 2.05) is 25.2 Å². The second kappa shape index (κ2) is 5.31. The van der Waals surface area contributed by atoms with Crippen LogP contribution in [0, 0.1) is 0 Å². The molecule has 1 spiro atoms. The number of rotatable bonds is 1. The minimum Gasteiger partial charge on any atom is -0.487 e. The van der Waals surface area contributed by atoms with E-state index in [4.69, 9.17) is 21.1 Å². The minimum absolute atomic E-state index is 0.0784. The first-order valence-electron chi connectivity index (χ1n) is 6.96. The maximum atomic E-state index is 6.35. The van der Waals surface area contributed by atoms with E-state index in [-0.39, 0.29) is 5.60 Å². The lowest BCUT2D eigenvalue weighted by atomic mass is 9.82. The summed E-state index contributed by atoms with van der Waals surface area (Å²) in [6.07, 6.45) is 4.08. The average Bonchev–Trinajstić information content (AvgIpc) is 2.64. The second-order valence-corrected chi connectivity index (χ2v) is 5.91. The molecule has 0 aliphatic carbocycles. The standard InChI is InChI=1S/C15H20ClNO2/c1-17-13-10-15(5-2-7-18-8-6-15)19-14-4-3-11(16)9-12(13)14/h3-4,9,13,17H,2,5-8,10H2,1H3. The second-order valence-electron chi connectivity index (χ2n) is 5.48. The monoisotopic (exact) mass is 281 g/mol. The predicted octanol–water partition coefficient (Wildman–Crippen LogP) is 3.32. The molecule has 2 unspecified atom stereocenters. The van der Waals surface area contributed by atoms with E-state index in [9.17, 15) is 0 Å². The number of halogens is 1. The topological polar surface area (TPSA) is 30.5 Å². The average molecular weight is 282 g/mol. The normalized spacial score (nSPS) is 30.5. The van der Waals surface area contributed by atoms with Crippen molar-refractivity contribution in [2.45, 2.75) is 37.3 Å². The Morgan fingerprint density at radius 3 is 3.05 bits per heavy atom. The van der Waals surface area contributed by atoms with Gasteiger partial charge in [-0.25, -0.2) is 0 Å². The van der Waals surface area contributed by atoms with Crippen molar-refractivity contribution >= 4 is 11.6 Å². The van der Waals surface area contributed by atoms with Crippen molar-refractivity contribution in [2.75, 3.05) is 20.3 Å². The molecule has 2 atom stereocenters. The van der Waals surface area contributed by atoms with Crippen LogP contribution < -0.4 is 10.1 Å². The van der Waals surface area contributed by atoms with Crippen LogP contribution in [0.4, 0.5) is 0 Å². The van der Waals surface area contributed by atoms with Crippen LogP contribution >= 0.6 is 11.6 Å². The highest BCUT2D eigenvalue weighted by Crippen LogP contribution is 2.44. The molecule has 2 aliphatic heterocycles. The molecular weight excluding hydrogens is 262 g/mol. The molecule has 0 radical (unpaired) electrons. The number of hydrogen-bond donors (Lipinski definition) is 1. The molecule has 19 heavy (non-hydrogen) atoms. The number of ether oxygens (including phenoxy) is 2. The van der Waals surface area contributed by atoms with E-state index in [0.29, 0.717) is 6.04 Å². The van der Waals surface area contributed by atoms with Crippen LogP contribution in [0.2, 0.25) is 5.02 Å². The Balaban J connectivity index is 1.94. The van der Waals surface area contributed by atoms with Crippen molar-refractivity contribution in [3.63, 3.8) is 0 Å². The van der Waals surface area contributed by atoms with Crippen molar-refractivity contribution < 1.29 is 9.47 Å². The quantitative estimate of drug-likeness (QED) is 0.857. The largest absolute Gasteiger partial charge is 0.487 e. The Bertz CT molecular complexity index is 455. The van der Waals surface area contributed by atoms with Crippen molar-refractivity contribution in [1.82, 2.24) is 5.32 Å². The van der Waals surface area contributed by atoms with Crippen LogP contribution in [0.1, 0.15) is 37.3 Å². The molecule has 1 aromatic rings. The highest BCUT2D eigenvalue weighted by Gasteiger charge is 2.40. The van der Waals surface area contributed by atoms with Gasteiger partial charge in [0.15, 0.2) is 0 Å². The van der Waals surface area contributed by atoms with Crippen molar-refractivity contribution in [3.05, 3.63) is 28.8 Å². The summed E-state index contributed by atoms with van der Waals surface area (Å²) in [5, 5.41) is 4.17. The molecule has 3 nitrogen and oxygen atoms in total. The van der Waals surface area contributed by atoms with E-state index < -0.39 is 0 Å². The van der Waals surface area contributed by atoms with Crippen LogP contribution in [0.15, 0.2) is 18.2 Å². The molecule has 1 fully saturated rings. The summed E-state index contributed by atoms with van der Waals surface area (Å²) in [5.41, 5.74) is 1.09. The molecule has 1 N–H and O–H groups in total. The van der Waals surface area contributed by atoms with Gasteiger partial charge in [0.1, 0.15) is 11.4 Å². The Morgan fingerprint density at radius 2 is 2.21 bits per heavy atom. The van der Waals surface area contributed by atoms with Gasteiger partial charge in [0, 0.05) is 36.1 Å². The minimum atomic E-state index is -0.0784. The summed E-state index contributed by atoms with van der Waals surface area (Å²) in [4.78, 5) is 0. The Labute approximate surface area is 119 Å². The fourth-order valence-electron chi connectivity index (χ4n) is 3.19. The van der Waals surface area contributed by atoms with E-state index in [2.05, 4.69) is 5.32 Å². The molecule has 3 rings (SSSR count). The molecule has 0 aromatic heterocycles. The van der Waals surface area contributed by atoms with Crippen molar-refractivity contribution in [3.8, 4) is 5.75 Å². The summed E-state index contributed by atoms with van der Waals surface area (Å²) >= 11 is 6.10. The van der Waals surface area contributed by atoms with Gasteiger partial charge in [-0.15, -0.1) is 0 Å². The third-order valence-corrected chi connectivity index (χ3v) is 4.46. The van der Waals surface area contributed by atoms with Gasteiger partial charge >= 0.3 is 0 Å². The molecule has 1 aromatic carbocycles. The zero-order valence-electron chi connectivity index (χ0n) is 11.2. The van der Waals surface area contributed by atoms with Gasteiger partial charge in [-0.3, -0.25) is 0 Å². The fourth-order valence-corrected chi connectivity index (χ4v) is 3.37. The number of fused-ring (bicyclic) bond motifs is 1. The lowest BCUT2D eigenvalue weighted by molar-refractivity contribution is 0.0117. The summed E-state index contributed by atoms with van der Waals surface area (Å²) in [5.74, 6) is 0.969. The molecule has 2 heterocycles. The van der Waals surface area contributed by atoms with Gasteiger partial charge in [0.25, 0.3) is 0 Å². The molecule has 4 heteroatoms. The first-order valence-corrected chi connectivity index (χ1v) is 7.34. The smallest absolute Gasteiger partial charge is 0.125 e. The third kappa shape index (κ3) is 2.60. The number of hydrogen-bond acceptors (Lipinski definition) is 3. The maximum Gasteiger partial charge on any atom is 0.125 e. The zero-order valence-corrected chi connectivity index (χ0v) is 12.0.